The number of pyridine rings is 1. The van der Waals surface area contributed by atoms with Crippen molar-refractivity contribution in [3.8, 4) is 5.75 Å². The molecule has 1 amide bonds. The van der Waals surface area contributed by atoms with E-state index < -0.39 is 0 Å². The maximum absolute atomic E-state index is 13.5. The molecular formula is C26H27N3O3. The third-order valence-electron chi connectivity index (χ3n) is 6.47. The molecule has 1 aliphatic rings. The second kappa shape index (κ2) is 7.86. The molecule has 2 aromatic heterocycles. The van der Waals surface area contributed by atoms with Crippen LogP contribution in [0.3, 0.4) is 0 Å². The summed E-state index contributed by atoms with van der Waals surface area (Å²) < 4.78 is 7.04. The minimum Gasteiger partial charge on any atom is -0.497 e. The zero-order valence-corrected chi connectivity index (χ0v) is 18.6. The van der Waals surface area contributed by atoms with Crippen LogP contribution in [0.25, 0.3) is 21.7 Å². The molecule has 164 valence electrons. The molecule has 0 aliphatic heterocycles. The van der Waals surface area contributed by atoms with Crippen molar-refractivity contribution in [2.45, 2.75) is 45.2 Å². The lowest BCUT2D eigenvalue weighted by molar-refractivity contribution is 0.0932. The highest BCUT2D eigenvalue weighted by Gasteiger charge is 2.27. The summed E-state index contributed by atoms with van der Waals surface area (Å²) in [6.07, 6.45) is 4.53. The van der Waals surface area contributed by atoms with Crippen molar-refractivity contribution in [3.05, 3.63) is 75.8 Å². The quantitative estimate of drug-likeness (QED) is 0.485. The zero-order chi connectivity index (χ0) is 22.4. The number of aromatic nitrogens is 2. The van der Waals surface area contributed by atoms with Crippen LogP contribution in [-0.4, -0.2) is 22.6 Å². The monoisotopic (exact) mass is 429 g/mol. The molecule has 2 aromatic carbocycles. The summed E-state index contributed by atoms with van der Waals surface area (Å²) in [5.41, 5.74) is 3.81. The molecule has 0 bridgehead atoms. The van der Waals surface area contributed by atoms with Gasteiger partial charge in [-0.15, -0.1) is 0 Å². The number of nitrogens with one attached hydrogen (secondary N) is 2. The Labute approximate surface area is 186 Å². The molecule has 0 spiro atoms. The molecule has 32 heavy (non-hydrogen) atoms. The van der Waals surface area contributed by atoms with E-state index in [1.165, 1.54) is 5.56 Å². The van der Waals surface area contributed by atoms with E-state index in [0.29, 0.717) is 16.3 Å². The molecular weight excluding hydrogens is 402 g/mol. The number of ether oxygens (including phenoxy) is 1. The minimum atomic E-state index is -0.162. The molecule has 6 heteroatoms. The SMILES string of the molecule is COc1ccc2[nH]c3c(c2c1)CCC[C@@H]3NC(=O)c1cn(C(C)C)c(=O)c2ccccc12. The highest BCUT2D eigenvalue weighted by atomic mass is 16.5. The van der Waals surface area contributed by atoms with Gasteiger partial charge in [-0.05, 0) is 62.9 Å². The van der Waals surface area contributed by atoms with Crippen LogP contribution in [0.5, 0.6) is 5.75 Å². The molecule has 0 fully saturated rings. The van der Waals surface area contributed by atoms with E-state index >= 15 is 0 Å². The molecule has 6 nitrogen and oxygen atoms in total. The van der Waals surface area contributed by atoms with Crippen LogP contribution in [0, 0.1) is 0 Å². The topological polar surface area (TPSA) is 76.1 Å². The Morgan fingerprint density at radius 3 is 2.69 bits per heavy atom. The number of nitrogens with zero attached hydrogens (tertiary/aromatic N) is 1. The standard InChI is InChI=1S/C26H27N3O3/c1-15(2)29-14-21(17-7-4-5-8-19(17)26(29)31)25(30)28-23-10-6-9-18-20-13-16(32-3)11-12-22(20)27-24(18)23/h4-5,7-8,11-15,23,27H,6,9-10H2,1-3H3,(H,28,30)/t23-/m0/s1. The second-order valence-electron chi connectivity index (χ2n) is 8.74. The fourth-order valence-electron chi connectivity index (χ4n) is 4.82. The van der Waals surface area contributed by atoms with Gasteiger partial charge >= 0.3 is 0 Å². The number of hydrogen-bond donors (Lipinski definition) is 2. The number of carbonyl (C=O) groups excluding carboxylic acids is 1. The van der Waals surface area contributed by atoms with E-state index in [1.54, 1.807) is 23.9 Å². The number of carbonyl (C=O) groups is 1. The van der Waals surface area contributed by atoms with Crippen molar-refractivity contribution in [3.63, 3.8) is 0 Å². The van der Waals surface area contributed by atoms with Gasteiger partial charge in [-0.3, -0.25) is 9.59 Å². The average molecular weight is 430 g/mol. The fraction of sp³-hybridized carbons (Fsp3) is 0.308. The Morgan fingerprint density at radius 1 is 1.16 bits per heavy atom. The molecule has 4 aromatic rings. The second-order valence-corrected chi connectivity index (χ2v) is 8.74. The molecule has 0 radical (unpaired) electrons. The fourth-order valence-corrected chi connectivity index (χ4v) is 4.82. The first-order valence-corrected chi connectivity index (χ1v) is 11.1. The summed E-state index contributed by atoms with van der Waals surface area (Å²) in [7, 11) is 1.67. The van der Waals surface area contributed by atoms with Gasteiger partial charge in [-0.2, -0.15) is 0 Å². The van der Waals surface area contributed by atoms with E-state index in [0.717, 1.165) is 41.6 Å². The van der Waals surface area contributed by atoms with Gasteiger partial charge in [0, 0.05) is 39.6 Å². The molecule has 0 unspecified atom stereocenters. The summed E-state index contributed by atoms with van der Waals surface area (Å²) in [6.45, 7) is 3.90. The van der Waals surface area contributed by atoms with Gasteiger partial charge in [-0.25, -0.2) is 0 Å². The average Bonchev–Trinajstić information content (AvgIpc) is 3.18. The number of aromatic amines is 1. The number of rotatable bonds is 4. The van der Waals surface area contributed by atoms with E-state index in [-0.39, 0.29) is 23.6 Å². The van der Waals surface area contributed by atoms with Crippen molar-refractivity contribution in [1.29, 1.82) is 0 Å². The molecule has 2 heterocycles. The molecule has 1 aliphatic carbocycles. The van der Waals surface area contributed by atoms with Gasteiger partial charge in [0.05, 0.1) is 18.7 Å². The van der Waals surface area contributed by atoms with Crippen LogP contribution in [-0.2, 0) is 6.42 Å². The van der Waals surface area contributed by atoms with Gasteiger partial charge in [0.15, 0.2) is 0 Å². The predicted molar refractivity (Wildman–Crippen MR) is 127 cm³/mol. The molecule has 0 saturated carbocycles. The summed E-state index contributed by atoms with van der Waals surface area (Å²) in [6, 6.07) is 13.2. The molecule has 1 atom stereocenters. The third-order valence-corrected chi connectivity index (χ3v) is 6.47. The van der Waals surface area contributed by atoms with Gasteiger partial charge < -0.3 is 19.6 Å². The number of aryl methyl sites for hydroxylation is 1. The number of amides is 1. The van der Waals surface area contributed by atoms with Crippen molar-refractivity contribution in [2.75, 3.05) is 7.11 Å². The first-order valence-electron chi connectivity index (χ1n) is 11.1. The summed E-state index contributed by atoms with van der Waals surface area (Å²) in [5, 5.41) is 5.64. The Hall–Kier alpha value is -3.54. The number of methoxy groups -OCH3 is 1. The highest BCUT2D eigenvalue weighted by Crippen LogP contribution is 2.36. The van der Waals surface area contributed by atoms with Gasteiger partial charge in [0.2, 0.25) is 0 Å². The van der Waals surface area contributed by atoms with Crippen LogP contribution >= 0.6 is 0 Å². The summed E-state index contributed by atoms with van der Waals surface area (Å²) in [4.78, 5) is 29.9. The van der Waals surface area contributed by atoms with Crippen molar-refractivity contribution < 1.29 is 9.53 Å². The van der Waals surface area contributed by atoms with Gasteiger partial charge in [-0.1, -0.05) is 18.2 Å². The predicted octanol–water partition coefficient (Wildman–Crippen LogP) is 4.88. The minimum absolute atomic E-state index is 0.0383. The largest absolute Gasteiger partial charge is 0.497 e. The maximum atomic E-state index is 13.5. The Balaban J connectivity index is 1.55. The normalized spacial score (nSPS) is 15.8. The Bertz CT molecular complexity index is 1400. The van der Waals surface area contributed by atoms with Crippen LogP contribution in [0.4, 0.5) is 0 Å². The van der Waals surface area contributed by atoms with E-state index in [9.17, 15) is 9.59 Å². The lowest BCUT2D eigenvalue weighted by atomic mass is 9.91. The lowest BCUT2D eigenvalue weighted by Gasteiger charge is -2.24. The zero-order valence-electron chi connectivity index (χ0n) is 18.6. The number of benzene rings is 2. The van der Waals surface area contributed by atoms with Gasteiger partial charge in [0.1, 0.15) is 5.75 Å². The van der Waals surface area contributed by atoms with Crippen molar-refractivity contribution in [1.82, 2.24) is 14.9 Å². The first kappa shape index (κ1) is 20.4. The Morgan fingerprint density at radius 2 is 1.94 bits per heavy atom. The smallest absolute Gasteiger partial charge is 0.258 e. The van der Waals surface area contributed by atoms with Crippen LogP contribution in [0.2, 0.25) is 0 Å². The van der Waals surface area contributed by atoms with Gasteiger partial charge in [0.25, 0.3) is 11.5 Å². The summed E-state index contributed by atoms with van der Waals surface area (Å²) in [5.74, 6) is 0.664. The number of hydrogen-bond acceptors (Lipinski definition) is 3. The van der Waals surface area contributed by atoms with E-state index in [4.69, 9.17) is 4.74 Å². The first-order chi connectivity index (χ1) is 15.5. The third kappa shape index (κ3) is 3.27. The maximum Gasteiger partial charge on any atom is 0.258 e. The molecule has 0 saturated heterocycles. The van der Waals surface area contributed by atoms with Crippen LogP contribution < -0.4 is 15.6 Å². The van der Waals surface area contributed by atoms with Crippen molar-refractivity contribution >= 4 is 27.6 Å². The molecule has 2 N–H and O–H groups in total. The number of fused-ring (bicyclic) bond motifs is 4. The Kier molecular flexibility index (Phi) is 5.00. The highest BCUT2D eigenvalue weighted by molar-refractivity contribution is 6.06. The van der Waals surface area contributed by atoms with E-state index in [2.05, 4.69) is 16.4 Å². The van der Waals surface area contributed by atoms with E-state index in [1.807, 2.05) is 44.2 Å². The van der Waals surface area contributed by atoms with Crippen LogP contribution in [0.1, 0.15) is 60.4 Å². The lowest BCUT2D eigenvalue weighted by Crippen LogP contribution is -2.33. The number of H-pyrrole nitrogens is 1. The summed E-state index contributed by atoms with van der Waals surface area (Å²) >= 11 is 0. The van der Waals surface area contributed by atoms with Crippen LogP contribution in [0.15, 0.2) is 53.5 Å². The van der Waals surface area contributed by atoms with Crippen molar-refractivity contribution in [2.24, 2.45) is 0 Å². The molecule has 5 rings (SSSR count).